The Morgan fingerprint density at radius 3 is 1.39 bits per heavy atom. The lowest BCUT2D eigenvalue weighted by molar-refractivity contribution is -0.176. The Bertz CT molecular complexity index is 602. The zero-order valence-electron chi connectivity index (χ0n) is 13.9. The molecule has 0 saturated heterocycles. The van der Waals surface area contributed by atoms with Crippen LogP contribution < -0.4 is 0 Å². The summed E-state index contributed by atoms with van der Waals surface area (Å²) in [7, 11) is -11.7. The minimum absolute atomic E-state index is 0.616. The van der Waals surface area contributed by atoms with Crippen LogP contribution in [0.5, 0.6) is 0 Å². The highest BCUT2D eigenvalue weighted by molar-refractivity contribution is 7.52. The van der Waals surface area contributed by atoms with Gasteiger partial charge in [0.2, 0.25) is 0 Å². The van der Waals surface area contributed by atoms with Crippen molar-refractivity contribution in [3.8, 4) is 0 Å². The Morgan fingerprint density at radius 1 is 0.964 bits per heavy atom. The van der Waals surface area contributed by atoms with Crippen molar-refractivity contribution < 1.29 is 77.1 Å². The van der Waals surface area contributed by atoms with Crippen molar-refractivity contribution in [3.63, 3.8) is 0 Å². The standard InChI is InChI=1S/C7H11O9P.C2H8O7P2/c1-2-3(17(14,15)16)7(4(8)9,5(10)11)6(12)13;3-1-2(8-10(4)5)9-11(6)7/h3H,2H2,1H3,(H,8,9)(H,10,11)(H,12,13)(H2,14,15,16);2-3,10-11H,1H2,(H,4,5)(H,6,7). The van der Waals surface area contributed by atoms with E-state index in [0.717, 1.165) is 6.92 Å². The van der Waals surface area contributed by atoms with Crippen LogP contribution in [-0.4, -0.2) is 76.5 Å². The van der Waals surface area contributed by atoms with E-state index in [2.05, 4.69) is 9.05 Å². The van der Waals surface area contributed by atoms with Crippen LogP contribution in [-0.2, 0) is 37.1 Å². The van der Waals surface area contributed by atoms with Crippen LogP contribution in [0.15, 0.2) is 0 Å². The van der Waals surface area contributed by atoms with E-state index >= 15 is 0 Å². The second-order valence-electron chi connectivity index (χ2n) is 4.62. The maximum Gasteiger partial charge on any atom is 0.333 e. The maximum absolute atomic E-state index is 11.0. The van der Waals surface area contributed by atoms with Crippen molar-refractivity contribution in [1.82, 2.24) is 0 Å². The van der Waals surface area contributed by atoms with E-state index < -0.39 is 72.4 Å². The van der Waals surface area contributed by atoms with Crippen LogP contribution >= 0.6 is 24.1 Å². The molecule has 0 aliphatic carbocycles. The van der Waals surface area contributed by atoms with Crippen LogP contribution in [0.1, 0.15) is 13.3 Å². The predicted molar refractivity (Wildman–Crippen MR) is 86.9 cm³/mol. The minimum Gasteiger partial charge on any atom is -0.480 e. The van der Waals surface area contributed by atoms with Gasteiger partial charge in [0.25, 0.3) is 5.41 Å². The molecule has 0 radical (unpaired) electrons. The number of hydrogen-bond acceptors (Lipinski definition) is 9. The normalized spacial score (nSPS) is 16.1. The SMILES string of the molecule is CCC(C(C(=O)O)(C(=O)O)C(=O)O)P(=O)(O)O.O=[PH](O)OC(CO)O[PH](=O)O. The van der Waals surface area contributed by atoms with Gasteiger partial charge >= 0.3 is 42.0 Å². The van der Waals surface area contributed by atoms with Crippen molar-refractivity contribution in [2.45, 2.75) is 25.3 Å². The zero-order chi connectivity index (χ0) is 22.9. The van der Waals surface area contributed by atoms with Gasteiger partial charge in [0.1, 0.15) is 0 Å². The molecule has 28 heavy (non-hydrogen) atoms. The monoisotopic (exact) mass is 476 g/mol. The first-order valence-electron chi connectivity index (χ1n) is 6.74. The molecule has 0 spiro atoms. The fraction of sp³-hybridized carbons (Fsp3) is 0.667. The number of aliphatic hydroxyl groups excluding tert-OH is 1. The summed E-state index contributed by atoms with van der Waals surface area (Å²) in [5.74, 6) is -6.98. The maximum atomic E-state index is 11.0. The van der Waals surface area contributed by atoms with Crippen molar-refractivity contribution in [1.29, 1.82) is 0 Å². The quantitative estimate of drug-likeness (QED) is 0.0935. The van der Waals surface area contributed by atoms with Gasteiger partial charge in [-0.25, -0.2) is 0 Å². The molecular formula is C9H19O16P3. The molecule has 0 saturated carbocycles. The number of carbonyl (C=O) groups is 3. The van der Waals surface area contributed by atoms with E-state index in [0.29, 0.717) is 0 Å². The summed E-state index contributed by atoms with van der Waals surface area (Å²) in [6.07, 6.45) is -2.13. The molecule has 8 N–H and O–H groups in total. The molecular weight excluding hydrogens is 457 g/mol. The summed E-state index contributed by atoms with van der Waals surface area (Å²) in [6, 6.07) is 0. The molecule has 0 aromatic heterocycles. The Hall–Kier alpha value is -1.18. The van der Waals surface area contributed by atoms with Gasteiger partial charge in [0, 0.05) is 0 Å². The number of carboxylic acid groups (broad SMARTS) is 3. The lowest BCUT2D eigenvalue weighted by Gasteiger charge is -2.29. The van der Waals surface area contributed by atoms with Gasteiger partial charge in [-0.1, -0.05) is 6.92 Å². The molecule has 0 rings (SSSR count). The number of aliphatic hydroxyl groups is 1. The van der Waals surface area contributed by atoms with Gasteiger partial charge in [-0.05, 0) is 6.42 Å². The van der Waals surface area contributed by atoms with E-state index in [4.69, 9.17) is 40.0 Å². The summed E-state index contributed by atoms with van der Waals surface area (Å²) < 4.78 is 38.9. The summed E-state index contributed by atoms with van der Waals surface area (Å²) in [5.41, 5.74) is -5.91. The van der Waals surface area contributed by atoms with E-state index in [1.54, 1.807) is 0 Å². The van der Waals surface area contributed by atoms with Gasteiger partial charge in [-0.15, -0.1) is 0 Å². The first kappa shape index (κ1) is 29.0. The van der Waals surface area contributed by atoms with E-state index in [1.165, 1.54) is 0 Å². The average molecular weight is 476 g/mol. The Kier molecular flexibility index (Phi) is 12.9. The van der Waals surface area contributed by atoms with Crippen LogP contribution in [0.4, 0.5) is 0 Å². The molecule has 0 heterocycles. The van der Waals surface area contributed by atoms with Crippen LogP contribution in [0.25, 0.3) is 0 Å². The Morgan fingerprint density at radius 2 is 1.29 bits per heavy atom. The fourth-order valence-electron chi connectivity index (χ4n) is 1.82. The average Bonchev–Trinajstić information content (AvgIpc) is 2.48. The highest BCUT2D eigenvalue weighted by atomic mass is 31.2. The Labute approximate surface area is 157 Å². The molecule has 0 aliphatic heterocycles. The van der Waals surface area contributed by atoms with Gasteiger partial charge in [0.15, 0.2) is 6.29 Å². The molecule has 3 atom stereocenters. The number of carboxylic acids is 3. The topological polar surface area (TPSA) is 283 Å². The van der Waals surface area contributed by atoms with Crippen molar-refractivity contribution >= 4 is 42.0 Å². The van der Waals surface area contributed by atoms with Crippen molar-refractivity contribution in [2.75, 3.05) is 6.61 Å². The summed E-state index contributed by atoms with van der Waals surface area (Å²) in [6.45, 7) is 0.335. The number of rotatable bonds is 11. The number of hydrogen-bond donors (Lipinski definition) is 8. The van der Waals surface area contributed by atoms with E-state index in [-0.39, 0.29) is 0 Å². The van der Waals surface area contributed by atoms with E-state index in [9.17, 15) is 28.1 Å². The van der Waals surface area contributed by atoms with Gasteiger partial charge < -0.3 is 40.0 Å². The largest absolute Gasteiger partial charge is 0.480 e. The molecule has 16 nitrogen and oxygen atoms in total. The zero-order valence-corrected chi connectivity index (χ0v) is 16.8. The van der Waals surface area contributed by atoms with Crippen LogP contribution in [0, 0.1) is 5.41 Å². The fourth-order valence-corrected chi connectivity index (χ4v) is 3.92. The summed E-state index contributed by atoms with van der Waals surface area (Å²) >= 11 is 0. The van der Waals surface area contributed by atoms with Gasteiger partial charge in [0.05, 0.1) is 12.3 Å². The summed E-state index contributed by atoms with van der Waals surface area (Å²) in [4.78, 5) is 66.6. The minimum atomic E-state index is -5.20. The molecule has 0 aliphatic rings. The molecule has 0 aromatic rings. The van der Waals surface area contributed by atoms with Gasteiger partial charge in [-0.3, -0.25) is 37.1 Å². The highest BCUT2D eigenvalue weighted by Gasteiger charge is 2.64. The van der Waals surface area contributed by atoms with Crippen LogP contribution in [0.2, 0.25) is 0 Å². The lowest BCUT2D eigenvalue weighted by Crippen LogP contribution is -2.54. The Balaban J connectivity index is 0. The van der Waals surface area contributed by atoms with Crippen molar-refractivity contribution in [2.24, 2.45) is 5.41 Å². The molecule has 0 aromatic carbocycles. The highest BCUT2D eigenvalue weighted by Crippen LogP contribution is 2.52. The van der Waals surface area contributed by atoms with Gasteiger partial charge in [-0.2, -0.15) is 0 Å². The predicted octanol–water partition coefficient (Wildman–Crippen LogP) is -1.72. The molecule has 166 valence electrons. The van der Waals surface area contributed by atoms with Crippen LogP contribution in [0.3, 0.4) is 0 Å². The third-order valence-corrected chi connectivity index (χ3v) is 5.41. The first-order chi connectivity index (χ1) is 12.6. The third kappa shape index (κ3) is 8.45. The number of aliphatic carboxylic acids is 3. The molecule has 0 bridgehead atoms. The van der Waals surface area contributed by atoms with Crippen molar-refractivity contribution in [3.05, 3.63) is 0 Å². The molecule has 3 unspecified atom stereocenters. The first-order valence-corrected chi connectivity index (χ1v) is 10.9. The third-order valence-electron chi connectivity index (χ3n) is 2.92. The molecule has 0 amide bonds. The molecule has 19 heteroatoms. The second-order valence-corrected chi connectivity index (χ2v) is 7.95. The van der Waals surface area contributed by atoms with E-state index in [1.807, 2.05) is 0 Å². The summed E-state index contributed by atoms with van der Waals surface area (Å²) in [5, 5.41) is 34.5. The second kappa shape index (κ2) is 12.4. The molecule has 0 fully saturated rings. The lowest BCUT2D eigenvalue weighted by atomic mass is 9.83. The smallest absolute Gasteiger partial charge is 0.333 e.